The number of hydrogen-bond donors (Lipinski definition) is 1. The molecule has 2 heterocycles. The summed E-state index contributed by atoms with van der Waals surface area (Å²) in [6.45, 7) is -0.410. The molecule has 0 radical (unpaired) electrons. The van der Waals surface area contributed by atoms with Gasteiger partial charge < -0.3 is 5.21 Å². The quantitative estimate of drug-likeness (QED) is 0.463. The van der Waals surface area contributed by atoms with Crippen LogP contribution in [-0.2, 0) is 16.1 Å². The molecule has 0 aromatic heterocycles. The first kappa shape index (κ1) is 12.9. The standard InChI is InChI=1S/C13H11FN2O4/c14-9-3-1-2-7-8(9)6-16(20,13(7)19)10-4-5-11(17)15-12(10)18/h1-3,10H,4-6H2,(H,15,17,18). The lowest BCUT2D eigenvalue weighted by molar-refractivity contribution is -0.825. The summed E-state index contributed by atoms with van der Waals surface area (Å²) in [5, 5.41) is 14.8. The molecule has 2 unspecified atom stereocenters. The molecule has 7 heteroatoms. The number of hydrogen-bond acceptors (Lipinski definition) is 4. The molecule has 0 aliphatic carbocycles. The number of quaternary nitrogens is 1. The number of nitrogens with one attached hydrogen (secondary N) is 1. The first-order valence-electron chi connectivity index (χ1n) is 6.18. The molecule has 6 nitrogen and oxygen atoms in total. The minimum atomic E-state index is -1.45. The minimum absolute atomic E-state index is 0.00445. The van der Waals surface area contributed by atoms with Crippen molar-refractivity contribution in [1.82, 2.24) is 5.32 Å². The number of hydroxylamine groups is 3. The maximum Gasteiger partial charge on any atom is 0.347 e. The average molecular weight is 278 g/mol. The van der Waals surface area contributed by atoms with E-state index in [0.717, 1.165) is 0 Å². The summed E-state index contributed by atoms with van der Waals surface area (Å²) in [4.78, 5) is 35.1. The van der Waals surface area contributed by atoms with Gasteiger partial charge in [0, 0.05) is 12.8 Å². The molecule has 1 aromatic carbocycles. The molecule has 2 aliphatic rings. The molecule has 0 spiro atoms. The van der Waals surface area contributed by atoms with E-state index in [9.17, 15) is 24.0 Å². The van der Waals surface area contributed by atoms with Crippen molar-refractivity contribution in [3.05, 3.63) is 40.4 Å². The summed E-state index contributed by atoms with van der Waals surface area (Å²) in [6, 6.07) is 2.70. The molecule has 20 heavy (non-hydrogen) atoms. The number of benzene rings is 1. The first-order chi connectivity index (χ1) is 9.43. The Morgan fingerprint density at radius 3 is 2.70 bits per heavy atom. The average Bonchev–Trinajstić information content (AvgIpc) is 2.65. The van der Waals surface area contributed by atoms with Gasteiger partial charge in [0.15, 0.2) is 6.04 Å². The molecule has 3 rings (SSSR count). The third-order valence-corrected chi connectivity index (χ3v) is 3.80. The zero-order valence-electron chi connectivity index (χ0n) is 10.4. The highest BCUT2D eigenvalue weighted by Crippen LogP contribution is 2.35. The second-order valence-corrected chi connectivity index (χ2v) is 4.99. The number of piperidine rings is 1. The topological polar surface area (TPSA) is 86.3 Å². The van der Waals surface area contributed by atoms with E-state index < -0.39 is 40.8 Å². The minimum Gasteiger partial charge on any atom is -0.624 e. The van der Waals surface area contributed by atoms with E-state index in [1.165, 1.54) is 18.2 Å². The van der Waals surface area contributed by atoms with Gasteiger partial charge in [-0.2, -0.15) is 0 Å². The summed E-state index contributed by atoms with van der Waals surface area (Å²) in [7, 11) is 0. The molecule has 2 atom stereocenters. The fourth-order valence-corrected chi connectivity index (χ4v) is 2.76. The lowest BCUT2D eigenvalue weighted by atomic mass is 10.0. The van der Waals surface area contributed by atoms with Crippen LogP contribution in [0.15, 0.2) is 18.2 Å². The van der Waals surface area contributed by atoms with Crippen molar-refractivity contribution < 1.29 is 23.4 Å². The number of imide groups is 1. The van der Waals surface area contributed by atoms with Crippen LogP contribution < -0.4 is 5.32 Å². The van der Waals surface area contributed by atoms with Gasteiger partial charge in [-0.25, -0.2) is 9.18 Å². The third kappa shape index (κ3) is 1.67. The Balaban J connectivity index is 1.99. The number of fused-ring (bicyclic) bond motifs is 1. The van der Waals surface area contributed by atoms with E-state index in [2.05, 4.69) is 5.32 Å². The van der Waals surface area contributed by atoms with E-state index in [4.69, 9.17) is 0 Å². The SMILES string of the molecule is O=C1CCC([N+]2([O-])Cc3c(F)cccc3C2=O)C(=O)N1. The number of amides is 3. The van der Waals surface area contributed by atoms with Crippen LogP contribution in [-0.4, -0.2) is 28.4 Å². The molecular formula is C13H11FN2O4. The molecular weight excluding hydrogens is 267 g/mol. The zero-order chi connectivity index (χ0) is 14.5. The maximum absolute atomic E-state index is 13.7. The Labute approximate surface area is 113 Å². The fraction of sp³-hybridized carbons (Fsp3) is 0.308. The number of halogens is 1. The summed E-state index contributed by atoms with van der Waals surface area (Å²) in [6.07, 6.45) is 0.000266. The largest absolute Gasteiger partial charge is 0.624 e. The van der Waals surface area contributed by atoms with Crippen LogP contribution in [0.25, 0.3) is 0 Å². The number of carbonyl (C=O) groups excluding carboxylic acids is 3. The van der Waals surface area contributed by atoms with Crippen LogP contribution in [0.2, 0.25) is 0 Å². The highest BCUT2D eigenvalue weighted by Gasteiger charge is 2.50. The lowest BCUT2D eigenvalue weighted by Crippen LogP contribution is -2.60. The van der Waals surface area contributed by atoms with Gasteiger partial charge in [0.05, 0.1) is 11.1 Å². The van der Waals surface area contributed by atoms with Crippen molar-refractivity contribution in [2.24, 2.45) is 0 Å². The van der Waals surface area contributed by atoms with E-state index in [-0.39, 0.29) is 24.0 Å². The maximum atomic E-state index is 13.7. The van der Waals surface area contributed by atoms with Crippen molar-refractivity contribution in [2.45, 2.75) is 25.4 Å². The summed E-state index contributed by atoms with van der Waals surface area (Å²) in [5.41, 5.74) is 0.0573. The van der Waals surface area contributed by atoms with Crippen LogP contribution in [0.5, 0.6) is 0 Å². The normalized spacial score (nSPS) is 29.3. The highest BCUT2D eigenvalue weighted by molar-refractivity contribution is 6.02. The van der Waals surface area contributed by atoms with Crippen LogP contribution in [0.1, 0.15) is 28.8 Å². The van der Waals surface area contributed by atoms with Gasteiger partial charge in [-0.1, -0.05) is 6.07 Å². The highest BCUT2D eigenvalue weighted by atomic mass is 19.1. The monoisotopic (exact) mass is 278 g/mol. The van der Waals surface area contributed by atoms with Gasteiger partial charge in [-0.3, -0.25) is 19.6 Å². The zero-order valence-corrected chi connectivity index (χ0v) is 10.4. The van der Waals surface area contributed by atoms with E-state index in [1.807, 2.05) is 0 Å². The smallest absolute Gasteiger partial charge is 0.347 e. The van der Waals surface area contributed by atoms with Gasteiger partial charge in [0.25, 0.3) is 5.91 Å². The van der Waals surface area contributed by atoms with Crippen molar-refractivity contribution in [3.63, 3.8) is 0 Å². The second-order valence-electron chi connectivity index (χ2n) is 4.99. The Hall–Kier alpha value is -2.12. The molecule has 3 amide bonds. The summed E-state index contributed by atoms with van der Waals surface area (Å²) < 4.78 is 12.2. The van der Waals surface area contributed by atoms with Gasteiger partial charge in [-0.05, 0) is 12.1 Å². The van der Waals surface area contributed by atoms with Gasteiger partial charge in [0.1, 0.15) is 12.4 Å². The summed E-state index contributed by atoms with van der Waals surface area (Å²) >= 11 is 0. The van der Waals surface area contributed by atoms with E-state index >= 15 is 0 Å². The Morgan fingerprint density at radius 2 is 2.05 bits per heavy atom. The Morgan fingerprint density at radius 1 is 1.30 bits per heavy atom. The number of nitrogens with zero attached hydrogens (tertiary/aromatic N) is 1. The molecule has 0 saturated carbocycles. The fourth-order valence-electron chi connectivity index (χ4n) is 2.76. The summed E-state index contributed by atoms with van der Waals surface area (Å²) in [5.74, 6) is -2.68. The molecule has 0 bridgehead atoms. The third-order valence-electron chi connectivity index (χ3n) is 3.80. The second kappa shape index (κ2) is 4.19. The first-order valence-corrected chi connectivity index (χ1v) is 6.18. The molecule has 1 N–H and O–H groups in total. The van der Waals surface area contributed by atoms with Crippen LogP contribution in [0.3, 0.4) is 0 Å². The Bertz CT molecular complexity index is 645. The van der Waals surface area contributed by atoms with Crippen LogP contribution >= 0.6 is 0 Å². The van der Waals surface area contributed by atoms with Crippen molar-refractivity contribution in [2.75, 3.05) is 0 Å². The van der Waals surface area contributed by atoms with Crippen molar-refractivity contribution in [1.29, 1.82) is 0 Å². The predicted molar refractivity (Wildman–Crippen MR) is 64.2 cm³/mol. The van der Waals surface area contributed by atoms with Gasteiger partial charge >= 0.3 is 5.91 Å². The molecule has 104 valence electrons. The lowest BCUT2D eigenvalue weighted by Gasteiger charge is -2.42. The van der Waals surface area contributed by atoms with Crippen LogP contribution in [0.4, 0.5) is 4.39 Å². The van der Waals surface area contributed by atoms with E-state index in [0.29, 0.717) is 0 Å². The molecule has 1 fully saturated rings. The molecule has 1 aromatic rings. The predicted octanol–water partition coefficient (Wildman–Crippen LogP) is 0.599. The van der Waals surface area contributed by atoms with Crippen LogP contribution in [0, 0.1) is 11.0 Å². The number of carbonyl (C=O) groups is 3. The Kier molecular flexibility index (Phi) is 2.70. The van der Waals surface area contributed by atoms with E-state index in [1.54, 1.807) is 0 Å². The molecule has 2 aliphatic heterocycles. The van der Waals surface area contributed by atoms with Gasteiger partial charge in [0.2, 0.25) is 5.91 Å². The van der Waals surface area contributed by atoms with Gasteiger partial charge in [-0.15, -0.1) is 0 Å². The number of rotatable bonds is 1. The molecule has 1 saturated heterocycles. The van der Waals surface area contributed by atoms with Crippen molar-refractivity contribution in [3.8, 4) is 0 Å². The van der Waals surface area contributed by atoms with Crippen molar-refractivity contribution >= 4 is 17.7 Å².